The molecule has 1 aliphatic heterocycles. The van der Waals surface area contributed by atoms with Gasteiger partial charge in [0.15, 0.2) is 5.84 Å². The molecule has 0 aliphatic carbocycles. The van der Waals surface area contributed by atoms with E-state index in [2.05, 4.69) is 5.16 Å². The molecular formula is C12H14FN3O3. The maximum absolute atomic E-state index is 13.1. The molecule has 1 aliphatic rings. The Morgan fingerprint density at radius 3 is 2.95 bits per heavy atom. The van der Waals surface area contributed by atoms with Gasteiger partial charge in [0.1, 0.15) is 11.6 Å². The van der Waals surface area contributed by atoms with Crippen molar-refractivity contribution in [1.29, 1.82) is 0 Å². The van der Waals surface area contributed by atoms with Crippen LogP contribution in [0.15, 0.2) is 23.4 Å². The van der Waals surface area contributed by atoms with Crippen LogP contribution in [0.2, 0.25) is 0 Å². The van der Waals surface area contributed by atoms with Gasteiger partial charge in [0.2, 0.25) is 0 Å². The molecule has 0 spiro atoms. The first-order valence-corrected chi connectivity index (χ1v) is 5.81. The number of nitrogens with two attached hydrogens (primary N) is 1. The van der Waals surface area contributed by atoms with E-state index in [9.17, 15) is 14.3 Å². The first kappa shape index (κ1) is 13.1. The minimum atomic E-state index is -0.610. The van der Waals surface area contributed by atoms with Gasteiger partial charge in [-0.15, -0.1) is 0 Å². The van der Waals surface area contributed by atoms with Crippen molar-refractivity contribution in [3.8, 4) is 5.75 Å². The predicted octanol–water partition coefficient (Wildman–Crippen LogP) is 0.882. The Bertz CT molecular complexity index is 533. The summed E-state index contributed by atoms with van der Waals surface area (Å²) in [6, 6.07) is 2.63. The number of hydrogen-bond acceptors (Lipinski definition) is 4. The SMILES string of the molecule is N/C(=N/O)C1CCCN1C(=O)c1cc(F)ccc1O. The summed E-state index contributed by atoms with van der Waals surface area (Å²) in [5.41, 5.74) is 5.39. The average molecular weight is 267 g/mol. The molecule has 0 radical (unpaired) electrons. The minimum Gasteiger partial charge on any atom is -0.507 e. The van der Waals surface area contributed by atoms with Gasteiger partial charge in [0.05, 0.1) is 11.6 Å². The van der Waals surface area contributed by atoms with Crippen LogP contribution in [0.4, 0.5) is 4.39 Å². The molecule has 0 aromatic heterocycles. The van der Waals surface area contributed by atoms with Crippen LogP contribution in [0.3, 0.4) is 0 Å². The van der Waals surface area contributed by atoms with Gasteiger partial charge in [-0.25, -0.2) is 4.39 Å². The number of carbonyl (C=O) groups is 1. The van der Waals surface area contributed by atoms with E-state index >= 15 is 0 Å². The number of likely N-dealkylation sites (tertiary alicyclic amines) is 1. The predicted molar refractivity (Wildman–Crippen MR) is 65.5 cm³/mol. The summed E-state index contributed by atoms with van der Waals surface area (Å²) in [6.07, 6.45) is 1.26. The number of phenols is 1. The Labute approximate surface area is 108 Å². The highest BCUT2D eigenvalue weighted by Gasteiger charge is 2.33. The van der Waals surface area contributed by atoms with Crippen LogP contribution < -0.4 is 5.73 Å². The highest BCUT2D eigenvalue weighted by atomic mass is 19.1. The number of halogens is 1. The first-order valence-electron chi connectivity index (χ1n) is 5.81. The number of oxime groups is 1. The molecular weight excluding hydrogens is 253 g/mol. The number of nitrogens with zero attached hydrogens (tertiary/aromatic N) is 2. The van der Waals surface area contributed by atoms with Gasteiger partial charge in [0, 0.05) is 6.54 Å². The van der Waals surface area contributed by atoms with Crippen molar-refractivity contribution in [2.75, 3.05) is 6.54 Å². The van der Waals surface area contributed by atoms with Crippen molar-refractivity contribution in [2.45, 2.75) is 18.9 Å². The quantitative estimate of drug-likeness (QED) is 0.320. The molecule has 1 aromatic rings. The standard InChI is InChI=1S/C12H14FN3O3/c13-7-3-4-10(17)8(6-7)12(18)16-5-1-2-9(16)11(14)15-19/h3-4,6,9,17,19H,1-2,5H2,(H2,14,15). The molecule has 7 heteroatoms. The number of amidine groups is 1. The van der Waals surface area contributed by atoms with Crippen LogP contribution in [0.1, 0.15) is 23.2 Å². The lowest BCUT2D eigenvalue weighted by Gasteiger charge is -2.23. The van der Waals surface area contributed by atoms with E-state index in [4.69, 9.17) is 10.9 Å². The zero-order chi connectivity index (χ0) is 14.0. The Morgan fingerprint density at radius 1 is 1.53 bits per heavy atom. The monoisotopic (exact) mass is 267 g/mol. The third kappa shape index (κ3) is 2.44. The lowest BCUT2D eigenvalue weighted by molar-refractivity contribution is 0.0764. The smallest absolute Gasteiger partial charge is 0.258 e. The molecule has 4 N–H and O–H groups in total. The maximum atomic E-state index is 13.1. The first-order chi connectivity index (χ1) is 9.04. The van der Waals surface area contributed by atoms with E-state index in [1.165, 1.54) is 4.90 Å². The van der Waals surface area contributed by atoms with Crippen molar-refractivity contribution >= 4 is 11.7 Å². The van der Waals surface area contributed by atoms with Gasteiger partial charge in [0.25, 0.3) is 5.91 Å². The molecule has 0 bridgehead atoms. The van der Waals surface area contributed by atoms with Crippen LogP contribution in [0.25, 0.3) is 0 Å². The van der Waals surface area contributed by atoms with Gasteiger partial charge >= 0.3 is 0 Å². The van der Waals surface area contributed by atoms with Crippen LogP contribution in [0.5, 0.6) is 5.75 Å². The fraction of sp³-hybridized carbons (Fsp3) is 0.333. The molecule has 1 heterocycles. The molecule has 2 rings (SSSR count). The molecule has 6 nitrogen and oxygen atoms in total. The Morgan fingerprint density at radius 2 is 2.26 bits per heavy atom. The van der Waals surface area contributed by atoms with Crippen molar-refractivity contribution in [1.82, 2.24) is 4.90 Å². The van der Waals surface area contributed by atoms with E-state index in [1.807, 2.05) is 0 Å². The van der Waals surface area contributed by atoms with Crippen molar-refractivity contribution in [3.05, 3.63) is 29.6 Å². The largest absolute Gasteiger partial charge is 0.507 e. The molecule has 1 atom stereocenters. The minimum absolute atomic E-state index is 0.0678. The van der Waals surface area contributed by atoms with Crippen LogP contribution >= 0.6 is 0 Å². The second-order valence-corrected chi connectivity index (χ2v) is 4.34. The van der Waals surface area contributed by atoms with Gasteiger partial charge in [-0.1, -0.05) is 5.16 Å². The Kier molecular flexibility index (Phi) is 3.55. The van der Waals surface area contributed by atoms with E-state index in [0.29, 0.717) is 19.4 Å². The average Bonchev–Trinajstić information content (AvgIpc) is 2.89. The van der Waals surface area contributed by atoms with Crippen molar-refractivity contribution < 1.29 is 19.5 Å². The van der Waals surface area contributed by atoms with Crippen molar-refractivity contribution in [3.63, 3.8) is 0 Å². The fourth-order valence-electron chi connectivity index (χ4n) is 2.22. The van der Waals surface area contributed by atoms with Gasteiger partial charge in [-0.3, -0.25) is 4.79 Å². The number of benzene rings is 1. The molecule has 1 amide bonds. The summed E-state index contributed by atoms with van der Waals surface area (Å²) in [5, 5.41) is 21.2. The third-order valence-corrected chi connectivity index (χ3v) is 3.16. The number of carbonyl (C=O) groups excluding carboxylic acids is 1. The zero-order valence-electron chi connectivity index (χ0n) is 10.1. The molecule has 19 heavy (non-hydrogen) atoms. The zero-order valence-corrected chi connectivity index (χ0v) is 10.1. The number of amides is 1. The van der Waals surface area contributed by atoms with Crippen molar-refractivity contribution in [2.24, 2.45) is 10.9 Å². The summed E-state index contributed by atoms with van der Waals surface area (Å²) >= 11 is 0. The third-order valence-electron chi connectivity index (χ3n) is 3.16. The van der Waals surface area contributed by atoms with E-state index < -0.39 is 17.8 Å². The van der Waals surface area contributed by atoms with Gasteiger partial charge in [-0.2, -0.15) is 0 Å². The Hall–Kier alpha value is -2.31. The normalized spacial score (nSPS) is 19.7. The van der Waals surface area contributed by atoms with E-state index in [0.717, 1.165) is 18.2 Å². The van der Waals surface area contributed by atoms with Gasteiger partial charge < -0.3 is 20.9 Å². The number of rotatable bonds is 2. The van der Waals surface area contributed by atoms with Crippen LogP contribution in [-0.4, -0.2) is 39.5 Å². The molecule has 1 fully saturated rings. The second kappa shape index (κ2) is 5.13. The molecule has 0 saturated carbocycles. The summed E-state index contributed by atoms with van der Waals surface area (Å²) in [5.74, 6) is -1.51. The highest BCUT2D eigenvalue weighted by molar-refractivity contribution is 6.00. The van der Waals surface area contributed by atoms with E-state index in [1.54, 1.807) is 0 Å². The summed E-state index contributed by atoms with van der Waals surface area (Å²) in [4.78, 5) is 13.6. The summed E-state index contributed by atoms with van der Waals surface area (Å²) < 4.78 is 13.1. The second-order valence-electron chi connectivity index (χ2n) is 4.34. The fourth-order valence-corrected chi connectivity index (χ4v) is 2.22. The highest BCUT2D eigenvalue weighted by Crippen LogP contribution is 2.25. The molecule has 1 unspecified atom stereocenters. The van der Waals surface area contributed by atoms with Crippen LogP contribution in [-0.2, 0) is 0 Å². The number of hydrogen-bond donors (Lipinski definition) is 3. The lowest BCUT2D eigenvalue weighted by atomic mass is 10.1. The van der Waals surface area contributed by atoms with Crippen LogP contribution in [0, 0.1) is 5.82 Å². The Balaban J connectivity index is 2.31. The summed E-state index contributed by atoms with van der Waals surface area (Å²) in [6.45, 7) is 0.412. The lowest BCUT2D eigenvalue weighted by Crippen LogP contribution is -2.43. The number of aromatic hydroxyl groups is 1. The maximum Gasteiger partial charge on any atom is 0.258 e. The van der Waals surface area contributed by atoms with E-state index in [-0.39, 0.29) is 17.1 Å². The number of phenolic OH excluding ortho intramolecular Hbond substituents is 1. The molecule has 102 valence electrons. The van der Waals surface area contributed by atoms with Gasteiger partial charge in [-0.05, 0) is 31.0 Å². The topological polar surface area (TPSA) is 99.2 Å². The summed E-state index contributed by atoms with van der Waals surface area (Å²) in [7, 11) is 0. The molecule has 1 saturated heterocycles. The molecule has 1 aromatic carbocycles.